The molecule has 1 fully saturated rings. The minimum Gasteiger partial charge on any atom is -0.327 e. The van der Waals surface area contributed by atoms with Gasteiger partial charge in [0.05, 0.1) is 6.07 Å². The van der Waals surface area contributed by atoms with Crippen LogP contribution in [0.4, 0.5) is 0 Å². The maximum atomic E-state index is 11.4. The standard InChI is InChI=1S/C8H11BrN2O/c9-4-3-8(12)11-5-1-2-7(11)6-10/h7H,1-5H2. The number of hydrogen-bond donors (Lipinski definition) is 0. The van der Waals surface area contributed by atoms with E-state index in [0.29, 0.717) is 11.8 Å². The molecule has 0 radical (unpaired) electrons. The van der Waals surface area contributed by atoms with Crippen molar-refractivity contribution in [2.45, 2.75) is 25.3 Å². The zero-order chi connectivity index (χ0) is 8.97. The van der Waals surface area contributed by atoms with Gasteiger partial charge in [0, 0.05) is 18.3 Å². The van der Waals surface area contributed by atoms with Gasteiger partial charge in [-0.25, -0.2) is 0 Å². The molecule has 1 amide bonds. The molecule has 0 aromatic carbocycles. The zero-order valence-electron chi connectivity index (χ0n) is 6.79. The molecule has 12 heavy (non-hydrogen) atoms. The monoisotopic (exact) mass is 230 g/mol. The van der Waals surface area contributed by atoms with E-state index in [-0.39, 0.29) is 11.9 Å². The van der Waals surface area contributed by atoms with Gasteiger partial charge in [0.1, 0.15) is 6.04 Å². The smallest absolute Gasteiger partial charge is 0.224 e. The van der Waals surface area contributed by atoms with Crippen molar-refractivity contribution in [3.8, 4) is 6.07 Å². The second kappa shape index (κ2) is 4.46. The largest absolute Gasteiger partial charge is 0.327 e. The Morgan fingerprint density at radius 1 is 1.75 bits per heavy atom. The molecule has 66 valence electrons. The van der Waals surface area contributed by atoms with Gasteiger partial charge in [0.2, 0.25) is 5.91 Å². The number of amides is 1. The number of nitrogens with zero attached hydrogens (tertiary/aromatic N) is 2. The molecule has 4 heteroatoms. The van der Waals surface area contributed by atoms with Crippen LogP contribution in [-0.4, -0.2) is 28.7 Å². The van der Waals surface area contributed by atoms with Crippen LogP contribution in [0.2, 0.25) is 0 Å². The average molecular weight is 231 g/mol. The summed E-state index contributed by atoms with van der Waals surface area (Å²) in [7, 11) is 0. The fourth-order valence-corrected chi connectivity index (χ4v) is 1.76. The topological polar surface area (TPSA) is 44.1 Å². The highest BCUT2D eigenvalue weighted by Gasteiger charge is 2.27. The van der Waals surface area contributed by atoms with E-state index in [0.717, 1.165) is 19.4 Å². The number of carbonyl (C=O) groups is 1. The Balaban J connectivity index is 2.51. The first-order valence-corrected chi connectivity index (χ1v) is 5.16. The van der Waals surface area contributed by atoms with Gasteiger partial charge in [0.15, 0.2) is 0 Å². The average Bonchev–Trinajstić information content (AvgIpc) is 2.51. The van der Waals surface area contributed by atoms with Crippen LogP contribution < -0.4 is 0 Å². The lowest BCUT2D eigenvalue weighted by atomic mass is 10.2. The third-order valence-electron chi connectivity index (χ3n) is 2.03. The van der Waals surface area contributed by atoms with E-state index in [1.807, 2.05) is 0 Å². The summed E-state index contributed by atoms with van der Waals surface area (Å²) in [5.74, 6) is 0.0934. The van der Waals surface area contributed by atoms with Crippen molar-refractivity contribution >= 4 is 21.8 Å². The summed E-state index contributed by atoms with van der Waals surface area (Å²) in [6.07, 6.45) is 2.30. The lowest BCUT2D eigenvalue weighted by Gasteiger charge is -2.18. The third-order valence-corrected chi connectivity index (χ3v) is 2.43. The Hall–Kier alpha value is -0.560. The predicted molar refractivity (Wildman–Crippen MR) is 48.8 cm³/mol. The van der Waals surface area contributed by atoms with Gasteiger partial charge in [0.25, 0.3) is 0 Å². The van der Waals surface area contributed by atoms with Crippen molar-refractivity contribution in [2.24, 2.45) is 0 Å². The molecule has 1 aliphatic rings. The van der Waals surface area contributed by atoms with Crippen molar-refractivity contribution < 1.29 is 4.79 Å². The van der Waals surface area contributed by atoms with E-state index in [1.54, 1.807) is 4.90 Å². The summed E-state index contributed by atoms with van der Waals surface area (Å²) in [5, 5.41) is 9.38. The van der Waals surface area contributed by atoms with Gasteiger partial charge in [-0.05, 0) is 12.8 Å². The van der Waals surface area contributed by atoms with Crippen molar-refractivity contribution in [1.82, 2.24) is 4.90 Å². The first-order chi connectivity index (χ1) is 5.79. The van der Waals surface area contributed by atoms with E-state index in [4.69, 9.17) is 5.26 Å². The SMILES string of the molecule is N#CC1CCCN1C(=O)CCBr. The van der Waals surface area contributed by atoms with Crippen LogP contribution in [0.5, 0.6) is 0 Å². The van der Waals surface area contributed by atoms with Crippen LogP contribution in [0.25, 0.3) is 0 Å². The van der Waals surface area contributed by atoms with Gasteiger partial charge >= 0.3 is 0 Å². The molecule has 1 aliphatic heterocycles. The van der Waals surface area contributed by atoms with Crippen LogP contribution >= 0.6 is 15.9 Å². The molecule has 1 rings (SSSR count). The van der Waals surface area contributed by atoms with Gasteiger partial charge in [-0.15, -0.1) is 0 Å². The molecule has 0 spiro atoms. The Labute approximate surface area is 80.5 Å². The number of carbonyl (C=O) groups excluding carboxylic acids is 1. The fraction of sp³-hybridized carbons (Fsp3) is 0.750. The highest BCUT2D eigenvalue weighted by atomic mass is 79.9. The van der Waals surface area contributed by atoms with Crippen molar-refractivity contribution in [2.75, 3.05) is 11.9 Å². The number of rotatable bonds is 2. The summed E-state index contributed by atoms with van der Waals surface area (Å²) in [5.41, 5.74) is 0. The first-order valence-electron chi connectivity index (χ1n) is 4.04. The van der Waals surface area contributed by atoms with Crippen LogP contribution in [-0.2, 0) is 4.79 Å². The highest BCUT2D eigenvalue weighted by molar-refractivity contribution is 9.09. The Morgan fingerprint density at radius 2 is 2.50 bits per heavy atom. The molecule has 0 bridgehead atoms. The van der Waals surface area contributed by atoms with Crippen molar-refractivity contribution in [1.29, 1.82) is 5.26 Å². The maximum absolute atomic E-state index is 11.4. The normalized spacial score (nSPS) is 22.3. The summed E-state index contributed by atoms with van der Waals surface area (Å²) in [6, 6.07) is 1.97. The van der Waals surface area contributed by atoms with Gasteiger partial charge < -0.3 is 4.90 Å². The van der Waals surface area contributed by atoms with E-state index in [9.17, 15) is 4.79 Å². The zero-order valence-corrected chi connectivity index (χ0v) is 8.38. The van der Waals surface area contributed by atoms with Crippen LogP contribution in [0.1, 0.15) is 19.3 Å². The van der Waals surface area contributed by atoms with E-state index >= 15 is 0 Å². The third kappa shape index (κ3) is 1.98. The molecule has 1 saturated heterocycles. The molecule has 0 aliphatic carbocycles. The van der Waals surface area contributed by atoms with E-state index < -0.39 is 0 Å². The summed E-state index contributed by atoms with van der Waals surface area (Å²) >= 11 is 3.21. The number of halogens is 1. The number of alkyl halides is 1. The molecular weight excluding hydrogens is 220 g/mol. The lowest BCUT2D eigenvalue weighted by Crippen LogP contribution is -2.34. The minimum absolute atomic E-state index is 0.0934. The molecule has 1 unspecified atom stereocenters. The number of nitriles is 1. The van der Waals surface area contributed by atoms with Crippen molar-refractivity contribution in [3.63, 3.8) is 0 Å². The van der Waals surface area contributed by atoms with Crippen LogP contribution in [0.3, 0.4) is 0 Å². The first kappa shape index (κ1) is 9.53. The fourth-order valence-electron chi connectivity index (χ4n) is 1.42. The lowest BCUT2D eigenvalue weighted by molar-refractivity contribution is -0.130. The molecular formula is C8H11BrN2O. The van der Waals surface area contributed by atoms with Gasteiger partial charge in [-0.3, -0.25) is 4.79 Å². The summed E-state index contributed by atoms with van der Waals surface area (Å²) in [4.78, 5) is 13.0. The molecule has 0 N–H and O–H groups in total. The Morgan fingerprint density at radius 3 is 3.08 bits per heavy atom. The quantitative estimate of drug-likeness (QED) is 0.672. The number of hydrogen-bond acceptors (Lipinski definition) is 2. The summed E-state index contributed by atoms with van der Waals surface area (Å²) < 4.78 is 0. The molecule has 3 nitrogen and oxygen atoms in total. The van der Waals surface area contributed by atoms with Crippen LogP contribution in [0.15, 0.2) is 0 Å². The molecule has 0 saturated carbocycles. The predicted octanol–water partition coefficient (Wildman–Crippen LogP) is 1.29. The van der Waals surface area contributed by atoms with Gasteiger partial charge in [-0.1, -0.05) is 15.9 Å². The second-order valence-electron chi connectivity index (χ2n) is 2.81. The van der Waals surface area contributed by atoms with Crippen molar-refractivity contribution in [3.05, 3.63) is 0 Å². The van der Waals surface area contributed by atoms with Crippen LogP contribution in [0, 0.1) is 11.3 Å². The Bertz CT molecular complexity index is 212. The van der Waals surface area contributed by atoms with E-state index in [1.165, 1.54) is 0 Å². The second-order valence-corrected chi connectivity index (χ2v) is 3.61. The maximum Gasteiger partial charge on any atom is 0.224 e. The Kier molecular flexibility index (Phi) is 3.54. The molecule has 0 aromatic rings. The van der Waals surface area contributed by atoms with Gasteiger partial charge in [-0.2, -0.15) is 5.26 Å². The minimum atomic E-state index is -0.170. The number of likely N-dealkylation sites (tertiary alicyclic amines) is 1. The molecule has 1 atom stereocenters. The summed E-state index contributed by atoms with van der Waals surface area (Å²) in [6.45, 7) is 0.754. The highest BCUT2D eigenvalue weighted by Crippen LogP contribution is 2.17. The molecule has 1 heterocycles. The molecule has 0 aromatic heterocycles. The van der Waals surface area contributed by atoms with E-state index in [2.05, 4.69) is 22.0 Å².